The second-order valence-corrected chi connectivity index (χ2v) is 6.95. The Hall–Kier alpha value is -2.57. The van der Waals surface area contributed by atoms with Crippen molar-refractivity contribution in [2.24, 2.45) is 5.92 Å². The third-order valence-corrected chi connectivity index (χ3v) is 3.39. The number of alkyl carbamates (subject to hydrolysis) is 1. The highest BCUT2D eigenvalue weighted by molar-refractivity contribution is 5.82. The zero-order valence-electron chi connectivity index (χ0n) is 15.9. The van der Waals surface area contributed by atoms with Gasteiger partial charge in [-0.15, -0.1) is 0 Å². The lowest BCUT2D eigenvalue weighted by molar-refractivity contribution is -0.151. The molecule has 0 spiro atoms. The Labute approximate surface area is 154 Å². The third-order valence-electron chi connectivity index (χ3n) is 3.39. The molecule has 1 amide bonds. The van der Waals surface area contributed by atoms with Crippen molar-refractivity contribution in [2.45, 2.75) is 52.4 Å². The molecule has 0 bridgehead atoms. The van der Waals surface area contributed by atoms with Crippen molar-refractivity contribution in [3.05, 3.63) is 35.9 Å². The van der Waals surface area contributed by atoms with E-state index in [0.717, 1.165) is 5.56 Å². The van der Waals surface area contributed by atoms with E-state index in [4.69, 9.17) is 14.2 Å². The van der Waals surface area contributed by atoms with Crippen molar-refractivity contribution in [3.8, 4) is 0 Å². The Morgan fingerprint density at radius 2 is 1.69 bits per heavy atom. The molecule has 7 nitrogen and oxygen atoms in total. The highest BCUT2D eigenvalue weighted by atomic mass is 16.6. The largest absolute Gasteiger partial charge is 0.467 e. The predicted molar refractivity (Wildman–Crippen MR) is 95.2 cm³/mol. The van der Waals surface area contributed by atoms with Gasteiger partial charge in [-0.2, -0.15) is 0 Å². The number of methoxy groups -OCH3 is 1. The summed E-state index contributed by atoms with van der Waals surface area (Å²) in [6, 6.07) is 8.26. The van der Waals surface area contributed by atoms with E-state index in [2.05, 4.69) is 5.32 Å². The Bertz CT molecular complexity index is 608. The van der Waals surface area contributed by atoms with Crippen LogP contribution in [0.2, 0.25) is 0 Å². The quantitative estimate of drug-likeness (QED) is 0.590. The van der Waals surface area contributed by atoms with Gasteiger partial charge in [-0.05, 0) is 32.8 Å². The van der Waals surface area contributed by atoms with E-state index in [0.29, 0.717) is 0 Å². The molecule has 144 valence electrons. The van der Waals surface area contributed by atoms with Gasteiger partial charge in [0.25, 0.3) is 0 Å². The van der Waals surface area contributed by atoms with Crippen molar-refractivity contribution in [1.82, 2.24) is 5.32 Å². The van der Waals surface area contributed by atoms with Gasteiger partial charge in [0.1, 0.15) is 18.2 Å². The molecule has 0 aliphatic heterocycles. The Kier molecular flexibility index (Phi) is 8.09. The van der Waals surface area contributed by atoms with Gasteiger partial charge >= 0.3 is 18.0 Å². The molecule has 1 N–H and O–H groups in total. The molecule has 26 heavy (non-hydrogen) atoms. The molecule has 2 atom stereocenters. The molecule has 0 unspecified atom stereocenters. The minimum absolute atomic E-state index is 0.0412. The van der Waals surface area contributed by atoms with Crippen molar-refractivity contribution in [1.29, 1.82) is 0 Å². The van der Waals surface area contributed by atoms with Crippen LogP contribution in [0.4, 0.5) is 4.79 Å². The van der Waals surface area contributed by atoms with Gasteiger partial charge in [-0.3, -0.25) is 4.79 Å². The van der Waals surface area contributed by atoms with Gasteiger partial charge in [0, 0.05) is 0 Å². The molecule has 0 heterocycles. The van der Waals surface area contributed by atoms with E-state index in [1.165, 1.54) is 7.11 Å². The summed E-state index contributed by atoms with van der Waals surface area (Å²) >= 11 is 0. The summed E-state index contributed by atoms with van der Waals surface area (Å²) in [4.78, 5) is 36.0. The van der Waals surface area contributed by atoms with Crippen LogP contribution in [0.3, 0.4) is 0 Å². The summed E-state index contributed by atoms with van der Waals surface area (Å²) in [5, 5.41) is 2.44. The highest BCUT2D eigenvalue weighted by Gasteiger charge is 2.29. The van der Waals surface area contributed by atoms with E-state index in [-0.39, 0.29) is 13.0 Å². The van der Waals surface area contributed by atoms with Crippen molar-refractivity contribution in [2.75, 3.05) is 7.11 Å². The third kappa shape index (κ3) is 8.00. The lowest BCUT2D eigenvalue weighted by Crippen LogP contribution is -2.45. The van der Waals surface area contributed by atoms with Gasteiger partial charge < -0.3 is 19.5 Å². The van der Waals surface area contributed by atoms with Crippen LogP contribution in [-0.2, 0) is 30.4 Å². The van der Waals surface area contributed by atoms with Crippen molar-refractivity contribution < 1.29 is 28.6 Å². The van der Waals surface area contributed by atoms with Crippen LogP contribution in [0.5, 0.6) is 0 Å². The average Bonchev–Trinajstić information content (AvgIpc) is 2.57. The number of nitrogens with one attached hydrogen (secondary N) is 1. The number of hydrogen-bond donors (Lipinski definition) is 1. The Morgan fingerprint density at radius 1 is 1.08 bits per heavy atom. The molecule has 0 saturated carbocycles. The molecule has 0 aromatic heterocycles. The monoisotopic (exact) mass is 365 g/mol. The molecule has 0 radical (unpaired) electrons. The first kappa shape index (κ1) is 21.5. The van der Waals surface area contributed by atoms with Crippen molar-refractivity contribution in [3.63, 3.8) is 0 Å². The van der Waals surface area contributed by atoms with E-state index < -0.39 is 35.6 Å². The van der Waals surface area contributed by atoms with E-state index >= 15 is 0 Å². The topological polar surface area (TPSA) is 90.9 Å². The summed E-state index contributed by atoms with van der Waals surface area (Å²) in [5.74, 6) is -1.73. The summed E-state index contributed by atoms with van der Waals surface area (Å²) in [6.07, 6.45) is -0.711. The summed E-state index contributed by atoms with van der Waals surface area (Å²) in [5.41, 5.74) is 0.162. The SMILES string of the molecule is COC(=O)[C@H](C[C@H](C)C(=O)OCc1ccccc1)NC(=O)OC(C)(C)C. The molecule has 1 aromatic carbocycles. The number of rotatable bonds is 7. The number of esters is 2. The van der Waals surface area contributed by atoms with Crippen LogP contribution in [-0.4, -0.2) is 36.8 Å². The van der Waals surface area contributed by atoms with Gasteiger partial charge in [-0.1, -0.05) is 37.3 Å². The second-order valence-electron chi connectivity index (χ2n) is 6.95. The summed E-state index contributed by atoms with van der Waals surface area (Å²) < 4.78 is 15.1. The van der Waals surface area contributed by atoms with Crippen LogP contribution in [0.25, 0.3) is 0 Å². The number of amides is 1. The normalized spacial score (nSPS) is 13.3. The molecular formula is C19H27NO6. The van der Waals surface area contributed by atoms with Gasteiger partial charge in [-0.25, -0.2) is 9.59 Å². The molecule has 0 aliphatic carbocycles. The van der Waals surface area contributed by atoms with Crippen LogP contribution in [0.15, 0.2) is 30.3 Å². The fraction of sp³-hybridized carbons (Fsp3) is 0.526. The van der Waals surface area contributed by atoms with Crippen LogP contribution in [0.1, 0.15) is 39.7 Å². The van der Waals surface area contributed by atoms with E-state index in [1.807, 2.05) is 30.3 Å². The maximum Gasteiger partial charge on any atom is 0.408 e. The fourth-order valence-corrected chi connectivity index (χ4v) is 2.13. The van der Waals surface area contributed by atoms with Gasteiger partial charge in [0.05, 0.1) is 13.0 Å². The maximum absolute atomic E-state index is 12.2. The Morgan fingerprint density at radius 3 is 2.23 bits per heavy atom. The molecule has 1 rings (SSSR count). The molecule has 0 fully saturated rings. The minimum Gasteiger partial charge on any atom is -0.467 e. The number of carbonyl (C=O) groups excluding carboxylic acids is 3. The first-order chi connectivity index (χ1) is 12.1. The molecule has 7 heteroatoms. The van der Waals surface area contributed by atoms with E-state index in [1.54, 1.807) is 27.7 Å². The van der Waals surface area contributed by atoms with Gasteiger partial charge in [0.15, 0.2) is 0 Å². The lowest BCUT2D eigenvalue weighted by atomic mass is 10.0. The highest BCUT2D eigenvalue weighted by Crippen LogP contribution is 2.13. The first-order valence-electron chi connectivity index (χ1n) is 8.40. The lowest BCUT2D eigenvalue weighted by Gasteiger charge is -2.23. The van der Waals surface area contributed by atoms with Crippen LogP contribution in [0, 0.1) is 5.92 Å². The maximum atomic E-state index is 12.2. The molecule has 0 aliphatic rings. The summed E-state index contributed by atoms with van der Waals surface area (Å²) in [6.45, 7) is 6.91. The second kappa shape index (κ2) is 9.79. The number of carbonyl (C=O) groups is 3. The molecular weight excluding hydrogens is 338 g/mol. The average molecular weight is 365 g/mol. The number of ether oxygens (including phenoxy) is 3. The standard InChI is InChI=1S/C19H27NO6/c1-13(16(21)25-12-14-9-7-6-8-10-14)11-15(17(22)24-5)20-18(23)26-19(2,3)4/h6-10,13,15H,11-12H2,1-5H3,(H,20,23)/t13-,15-/m0/s1. The zero-order chi connectivity index (χ0) is 19.7. The fourth-order valence-electron chi connectivity index (χ4n) is 2.13. The molecule has 0 saturated heterocycles. The minimum atomic E-state index is -1.01. The smallest absolute Gasteiger partial charge is 0.408 e. The van der Waals surface area contributed by atoms with Crippen molar-refractivity contribution >= 4 is 18.0 Å². The first-order valence-corrected chi connectivity index (χ1v) is 8.40. The zero-order valence-corrected chi connectivity index (χ0v) is 15.9. The predicted octanol–water partition coefficient (Wildman–Crippen LogP) is 2.82. The van der Waals surface area contributed by atoms with Gasteiger partial charge in [0.2, 0.25) is 0 Å². The van der Waals surface area contributed by atoms with Crippen LogP contribution >= 0.6 is 0 Å². The van der Waals surface area contributed by atoms with E-state index in [9.17, 15) is 14.4 Å². The molecule has 1 aromatic rings. The van der Waals surface area contributed by atoms with Crippen LogP contribution < -0.4 is 5.32 Å². The number of benzene rings is 1. The number of hydrogen-bond acceptors (Lipinski definition) is 6. The summed E-state index contributed by atoms with van der Waals surface area (Å²) in [7, 11) is 1.21. The Balaban J connectivity index is 2.61.